The summed E-state index contributed by atoms with van der Waals surface area (Å²) in [5.74, 6) is 0. The summed E-state index contributed by atoms with van der Waals surface area (Å²) in [5, 5.41) is 10.7. The van der Waals surface area contributed by atoms with E-state index in [1.807, 2.05) is 54.6 Å². The van der Waals surface area contributed by atoms with Crippen molar-refractivity contribution in [2.45, 2.75) is 44.9 Å². The first-order valence-electron chi connectivity index (χ1n) is 7.78. The molecule has 1 saturated heterocycles. The summed E-state index contributed by atoms with van der Waals surface area (Å²) >= 11 is 0. The summed E-state index contributed by atoms with van der Waals surface area (Å²) in [5.41, 5.74) is 2.60. The second-order valence-electron chi connectivity index (χ2n) is 5.90. The van der Waals surface area contributed by atoms with Crippen LogP contribution in [-0.2, 0) is 9.47 Å². The number of ether oxygens (including phenoxy) is 2. The van der Waals surface area contributed by atoms with Gasteiger partial charge >= 0.3 is 0 Å². The van der Waals surface area contributed by atoms with Gasteiger partial charge in [0.05, 0.1) is 12.2 Å². The predicted molar refractivity (Wildman–Crippen MR) is 85.4 cm³/mol. The van der Waals surface area contributed by atoms with Crippen LogP contribution in [0.25, 0.3) is 0 Å². The SMILES string of the molecule is C[C@@H]1C[C@@H](C)OC(c2ccccc2C(O)c2ccccc2)O1. The average Bonchev–Trinajstić information content (AvgIpc) is 2.54. The van der Waals surface area contributed by atoms with Crippen LogP contribution >= 0.6 is 0 Å². The first-order valence-corrected chi connectivity index (χ1v) is 7.78. The van der Waals surface area contributed by atoms with Gasteiger partial charge < -0.3 is 14.6 Å². The fraction of sp³-hybridized carbons (Fsp3) is 0.368. The molecule has 3 nitrogen and oxygen atoms in total. The van der Waals surface area contributed by atoms with Gasteiger partial charge in [-0.25, -0.2) is 0 Å². The van der Waals surface area contributed by atoms with E-state index in [1.54, 1.807) is 0 Å². The van der Waals surface area contributed by atoms with E-state index >= 15 is 0 Å². The molecule has 0 radical (unpaired) electrons. The van der Waals surface area contributed by atoms with E-state index in [1.165, 1.54) is 0 Å². The minimum Gasteiger partial charge on any atom is -0.384 e. The van der Waals surface area contributed by atoms with Crippen LogP contribution in [0, 0.1) is 0 Å². The third-order valence-electron chi connectivity index (χ3n) is 4.04. The number of rotatable bonds is 3. The quantitative estimate of drug-likeness (QED) is 0.931. The van der Waals surface area contributed by atoms with Crippen molar-refractivity contribution in [1.29, 1.82) is 0 Å². The van der Waals surface area contributed by atoms with Crippen molar-refractivity contribution < 1.29 is 14.6 Å². The van der Waals surface area contributed by atoms with Gasteiger partial charge in [0.25, 0.3) is 0 Å². The molecule has 0 bridgehead atoms. The minimum absolute atomic E-state index is 0.149. The maximum Gasteiger partial charge on any atom is 0.184 e. The molecule has 2 aromatic carbocycles. The smallest absolute Gasteiger partial charge is 0.184 e. The van der Waals surface area contributed by atoms with Gasteiger partial charge in [-0.3, -0.25) is 0 Å². The number of hydrogen-bond donors (Lipinski definition) is 1. The molecule has 22 heavy (non-hydrogen) atoms. The Morgan fingerprint density at radius 3 is 2.18 bits per heavy atom. The second-order valence-corrected chi connectivity index (χ2v) is 5.90. The molecule has 1 heterocycles. The van der Waals surface area contributed by atoms with Gasteiger partial charge in [0, 0.05) is 5.56 Å². The van der Waals surface area contributed by atoms with Crippen molar-refractivity contribution in [3.8, 4) is 0 Å². The van der Waals surface area contributed by atoms with Crippen LogP contribution in [0.5, 0.6) is 0 Å². The van der Waals surface area contributed by atoms with Crippen LogP contribution in [0.2, 0.25) is 0 Å². The van der Waals surface area contributed by atoms with E-state index in [4.69, 9.17) is 9.47 Å². The molecule has 1 fully saturated rings. The molecule has 0 spiro atoms. The normalized spacial score (nSPS) is 26.6. The predicted octanol–water partition coefficient (Wildman–Crippen LogP) is 3.98. The standard InChI is InChI=1S/C19H22O3/c1-13-12-14(2)22-19(21-13)17-11-7-6-10-16(17)18(20)15-8-4-3-5-9-15/h3-11,13-14,18-20H,12H2,1-2H3/t13-,14-,18?/m1/s1. The third-order valence-corrected chi connectivity index (χ3v) is 4.04. The van der Waals surface area contributed by atoms with Gasteiger partial charge in [-0.15, -0.1) is 0 Å². The van der Waals surface area contributed by atoms with Gasteiger partial charge in [0.1, 0.15) is 6.10 Å². The van der Waals surface area contributed by atoms with E-state index in [0.717, 1.165) is 23.1 Å². The lowest BCUT2D eigenvalue weighted by molar-refractivity contribution is -0.239. The molecular weight excluding hydrogens is 276 g/mol. The van der Waals surface area contributed by atoms with Crippen LogP contribution < -0.4 is 0 Å². The van der Waals surface area contributed by atoms with Crippen molar-refractivity contribution in [3.05, 3.63) is 71.3 Å². The van der Waals surface area contributed by atoms with Crippen molar-refractivity contribution in [2.24, 2.45) is 0 Å². The second kappa shape index (κ2) is 6.61. The fourth-order valence-electron chi connectivity index (χ4n) is 2.97. The lowest BCUT2D eigenvalue weighted by Gasteiger charge is -2.34. The molecule has 116 valence electrons. The fourth-order valence-corrected chi connectivity index (χ4v) is 2.97. The highest BCUT2D eigenvalue weighted by molar-refractivity contribution is 5.36. The van der Waals surface area contributed by atoms with Gasteiger partial charge in [0.2, 0.25) is 0 Å². The monoisotopic (exact) mass is 298 g/mol. The Morgan fingerprint density at radius 2 is 1.50 bits per heavy atom. The summed E-state index contributed by atoms with van der Waals surface area (Å²) in [7, 11) is 0. The number of aliphatic hydroxyl groups is 1. The van der Waals surface area contributed by atoms with E-state index in [9.17, 15) is 5.11 Å². The van der Waals surface area contributed by atoms with E-state index < -0.39 is 12.4 Å². The van der Waals surface area contributed by atoms with E-state index in [-0.39, 0.29) is 12.2 Å². The molecular formula is C19H22O3. The number of aliphatic hydroxyl groups excluding tert-OH is 1. The molecule has 0 saturated carbocycles. The number of hydrogen-bond acceptors (Lipinski definition) is 3. The first kappa shape index (κ1) is 15.2. The van der Waals surface area contributed by atoms with Gasteiger partial charge in [0.15, 0.2) is 6.29 Å². The van der Waals surface area contributed by atoms with Crippen molar-refractivity contribution in [1.82, 2.24) is 0 Å². The molecule has 3 heteroatoms. The molecule has 1 aliphatic heterocycles. The summed E-state index contributed by atoms with van der Waals surface area (Å²) in [6, 6.07) is 17.4. The van der Waals surface area contributed by atoms with Crippen molar-refractivity contribution in [3.63, 3.8) is 0 Å². The Hall–Kier alpha value is -1.68. The van der Waals surface area contributed by atoms with Crippen molar-refractivity contribution in [2.75, 3.05) is 0 Å². The van der Waals surface area contributed by atoms with Crippen LogP contribution in [0.15, 0.2) is 54.6 Å². The lowest BCUT2D eigenvalue weighted by atomic mass is 9.96. The molecule has 1 aliphatic rings. The summed E-state index contributed by atoms with van der Waals surface area (Å²) in [4.78, 5) is 0. The molecule has 2 aromatic rings. The zero-order chi connectivity index (χ0) is 15.5. The highest BCUT2D eigenvalue weighted by Crippen LogP contribution is 2.35. The number of benzene rings is 2. The zero-order valence-electron chi connectivity index (χ0n) is 13.0. The highest BCUT2D eigenvalue weighted by atomic mass is 16.7. The minimum atomic E-state index is -0.683. The van der Waals surface area contributed by atoms with Crippen LogP contribution in [0.3, 0.4) is 0 Å². The summed E-state index contributed by atoms with van der Waals surface area (Å²) in [6.07, 6.45) is 0.0803. The first-order chi connectivity index (χ1) is 10.6. The van der Waals surface area contributed by atoms with Crippen molar-refractivity contribution >= 4 is 0 Å². The molecule has 0 aliphatic carbocycles. The Morgan fingerprint density at radius 1 is 0.909 bits per heavy atom. The Balaban J connectivity index is 1.93. The molecule has 1 unspecified atom stereocenters. The van der Waals surface area contributed by atoms with E-state index in [2.05, 4.69) is 13.8 Å². The Labute approximate surface area is 131 Å². The van der Waals surface area contributed by atoms with Crippen LogP contribution in [0.1, 0.15) is 49.4 Å². The summed E-state index contributed by atoms with van der Waals surface area (Å²) < 4.78 is 11.9. The highest BCUT2D eigenvalue weighted by Gasteiger charge is 2.29. The summed E-state index contributed by atoms with van der Waals surface area (Å²) in [6.45, 7) is 4.12. The molecule has 1 N–H and O–H groups in total. The Bertz CT molecular complexity index is 601. The zero-order valence-corrected chi connectivity index (χ0v) is 13.0. The molecule has 0 aromatic heterocycles. The van der Waals surface area contributed by atoms with Gasteiger partial charge in [-0.2, -0.15) is 0 Å². The molecule has 0 amide bonds. The Kier molecular flexibility index (Phi) is 4.57. The largest absolute Gasteiger partial charge is 0.384 e. The maximum absolute atomic E-state index is 10.7. The average molecular weight is 298 g/mol. The lowest BCUT2D eigenvalue weighted by Crippen LogP contribution is -2.31. The van der Waals surface area contributed by atoms with Crippen LogP contribution in [-0.4, -0.2) is 17.3 Å². The molecule has 3 atom stereocenters. The van der Waals surface area contributed by atoms with Crippen LogP contribution in [0.4, 0.5) is 0 Å². The van der Waals surface area contributed by atoms with Gasteiger partial charge in [-0.1, -0.05) is 54.6 Å². The van der Waals surface area contributed by atoms with E-state index in [0.29, 0.717) is 0 Å². The topological polar surface area (TPSA) is 38.7 Å². The molecule has 3 rings (SSSR count). The van der Waals surface area contributed by atoms with Gasteiger partial charge in [-0.05, 0) is 31.4 Å². The third kappa shape index (κ3) is 3.22. The maximum atomic E-state index is 10.7.